The smallest absolute Gasteiger partial charge is 0.0580 e. The molecule has 0 spiro atoms. The van der Waals surface area contributed by atoms with E-state index in [1.54, 1.807) is 0 Å². The van der Waals surface area contributed by atoms with Gasteiger partial charge in [0.25, 0.3) is 0 Å². The molecular weight excluding hydrogens is 274 g/mol. The second kappa shape index (κ2) is 4.00. The Bertz CT molecular complexity index is 421. The lowest BCUT2D eigenvalue weighted by molar-refractivity contribution is 0.441. The van der Waals surface area contributed by atoms with Crippen LogP contribution in [0.2, 0.25) is 0 Å². The Kier molecular flexibility index (Phi) is 3.01. The first-order valence-corrected chi connectivity index (χ1v) is 6.99. The Hall–Kier alpha value is -0.190. The van der Waals surface area contributed by atoms with Crippen LogP contribution in [0.3, 0.4) is 0 Å². The maximum atomic E-state index is 12.2. The van der Waals surface area contributed by atoms with Gasteiger partial charge in [-0.15, -0.1) is 0 Å². The molecule has 4 unspecified atom stereocenters. The summed E-state index contributed by atoms with van der Waals surface area (Å²) in [5, 5.41) is 0.117. The zero-order valence-corrected chi connectivity index (χ0v) is 11.1. The molecular formula is C11H14BrNOS. The molecule has 4 atom stereocenters. The predicted molar refractivity (Wildman–Crippen MR) is 66.1 cm³/mol. The van der Waals surface area contributed by atoms with Gasteiger partial charge in [0.2, 0.25) is 0 Å². The molecule has 1 aliphatic heterocycles. The van der Waals surface area contributed by atoms with Crippen LogP contribution >= 0.6 is 15.9 Å². The molecule has 1 heterocycles. The van der Waals surface area contributed by atoms with E-state index in [-0.39, 0.29) is 17.2 Å². The molecule has 2 nitrogen and oxygen atoms in total. The van der Waals surface area contributed by atoms with E-state index >= 15 is 0 Å². The highest BCUT2D eigenvalue weighted by Gasteiger charge is 2.35. The third-order valence-electron chi connectivity index (χ3n) is 3.20. The van der Waals surface area contributed by atoms with Gasteiger partial charge in [0, 0.05) is 15.8 Å². The van der Waals surface area contributed by atoms with Crippen molar-refractivity contribution in [2.45, 2.75) is 30.0 Å². The fourth-order valence-electron chi connectivity index (χ4n) is 1.96. The lowest BCUT2D eigenvalue weighted by Crippen LogP contribution is -2.36. The van der Waals surface area contributed by atoms with Crippen molar-refractivity contribution in [3.05, 3.63) is 28.2 Å². The maximum absolute atomic E-state index is 12.2. The molecule has 0 saturated carbocycles. The lowest BCUT2D eigenvalue weighted by atomic mass is 9.92. The molecule has 1 aromatic rings. The van der Waals surface area contributed by atoms with Crippen LogP contribution in [0.4, 0.5) is 0 Å². The van der Waals surface area contributed by atoms with E-state index in [0.717, 1.165) is 14.9 Å². The van der Waals surface area contributed by atoms with Crippen molar-refractivity contribution in [3.8, 4) is 0 Å². The van der Waals surface area contributed by atoms with Crippen LogP contribution in [0.15, 0.2) is 27.6 Å². The van der Waals surface area contributed by atoms with Gasteiger partial charge in [-0.2, -0.15) is 0 Å². The predicted octanol–water partition coefficient (Wildman–Crippen LogP) is 2.59. The van der Waals surface area contributed by atoms with E-state index in [9.17, 15) is 4.21 Å². The first-order chi connectivity index (χ1) is 7.04. The number of rotatable bonds is 0. The Morgan fingerprint density at radius 2 is 2.07 bits per heavy atom. The quantitative estimate of drug-likeness (QED) is 0.797. The number of hydrogen-bond acceptors (Lipinski definition) is 2. The van der Waals surface area contributed by atoms with Crippen LogP contribution in [0.25, 0.3) is 0 Å². The van der Waals surface area contributed by atoms with Gasteiger partial charge in [-0.3, -0.25) is 4.21 Å². The summed E-state index contributed by atoms with van der Waals surface area (Å²) in [4.78, 5) is 0.885. The van der Waals surface area contributed by atoms with Gasteiger partial charge in [0.1, 0.15) is 0 Å². The third-order valence-corrected chi connectivity index (χ3v) is 6.09. The van der Waals surface area contributed by atoms with Gasteiger partial charge in [0.15, 0.2) is 0 Å². The summed E-state index contributed by atoms with van der Waals surface area (Å²) < 4.78 is 13.1. The van der Waals surface area contributed by atoms with E-state index in [4.69, 9.17) is 5.73 Å². The highest BCUT2D eigenvalue weighted by molar-refractivity contribution is 9.10. The second-order valence-electron chi connectivity index (χ2n) is 4.05. The summed E-state index contributed by atoms with van der Waals surface area (Å²) in [6.45, 7) is 4.07. The molecule has 0 saturated heterocycles. The van der Waals surface area contributed by atoms with Crippen molar-refractivity contribution in [2.24, 2.45) is 11.7 Å². The molecule has 82 valence electrons. The molecule has 1 aliphatic rings. The standard InChI is InChI=1S/C11H14BrNOS/c1-6-7(2)15(14)11-8(10(6)13)4-3-5-9(11)12/h3-7,10H,13H2,1-2H3. The van der Waals surface area contributed by atoms with Gasteiger partial charge < -0.3 is 5.73 Å². The molecule has 0 fully saturated rings. The topological polar surface area (TPSA) is 43.1 Å². The monoisotopic (exact) mass is 287 g/mol. The van der Waals surface area contributed by atoms with Crippen LogP contribution < -0.4 is 5.73 Å². The molecule has 2 rings (SSSR count). The minimum Gasteiger partial charge on any atom is -0.324 e. The Morgan fingerprint density at radius 1 is 1.40 bits per heavy atom. The highest BCUT2D eigenvalue weighted by atomic mass is 79.9. The van der Waals surface area contributed by atoms with Crippen molar-refractivity contribution in [1.29, 1.82) is 0 Å². The molecule has 0 aromatic heterocycles. The van der Waals surface area contributed by atoms with Crippen molar-refractivity contribution in [2.75, 3.05) is 0 Å². The van der Waals surface area contributed by atoms with Crippen LogP contribution in [-0.2, 0) is 10.8 Å². The van der Waals surface area contributed by atoms with Gasteiger partial charge in [0.05, 0.1) is 15.7 Å². The molecule has 1 aromatic carbocycles. The van der Waals surface area contributed by atoms with Crippen molar-refractivity contribution in [1.82, 2.24) is 0 Å². The summed E-state index contributed by atoms with van der Waals surface area (Å²) in [6.07, 6.45) is 0. The van der Waals surface area contributed by atoms with E-state index in [1.807, 2.05) is 25.1 Å². The van der Waals surface area contributed by atoms with E-state index in [1.165, 1.54) is 0 Å². The number of nitrogens with two attached hydrogens (primary N) is 1. The summed E-state index contributed by atoms with van der Waals surface area (Å²) in [5.41, 5.74) is 7.18. The van der Waals surface area contributed by atoms with Gasteiger partial charge in [-0.25, -0.2) is 0 Å². The molecule has 0 radical (unpaired) electrons. The Labute approximate surface area is 101 Å². The number of fused-ring (bicyclic) bond motifs is 1. The first-order valence-electron chi connectivity index (χ1n) is 4.98. The van der Waals surface area contributed by atoms with Crippen LogP contribution in [0.1, 0.15) is 25.5 Å². The maximum Gasteiger partial charge on any atom is 0.0580 e. The second-order valence-corrected chi connectivity index (χ2v) is 6.65. The van der Waals surface area contributed by atoms with Crippen molar-refractivity contribution < 1.29 is 4.21 Å². The van der Waals surface area contributed by atoms with Gasteiger partial charge in [-0.1, -0.05) is 26.0 Å². The third kappa shape index (κ3) is 1.69. The van der Waals surface area contributed by atoms with E-state index in [2.05, 4.69) is 22.9 Å². The number of hydrogen-bond donors (Lipinski definition) is 1. The highest BCUT2D eigenvalue weighted by Crippen LogP contribution is 2.39. The minimum atomic E-state index is -0.949. The van der Waals surface area contributed by atoms with E-state index < -0.39 is 10.8 Å². The lowest BCUT2D eigenvalue weighted by Gasteiger charge is -2.33. The molecule has 15 heavy (non-hydrogen) atoms. The Balaban J connectivity index is 2.64. The summed E-state index contributed by atoms with van der Waals surface area (Å²) in [7, 11) is -0.949. The Morgan fingerprint density at radius 3 is 2.73 bits per heavy atom. The molecule has 2 N–H and O–H groups in total. The number of halogens is 1. The average molecular weight is 288 g/mol. The fraction of sp³-hybridized carbons (Fsp3) is 0.455. The van der Waals surface area contributed by atoms with Crippen LogP contribution in [0, 0.1) is 5.92 Å². The SMILES string of the molecule is CC1C(N)c2cccc(Br)c2S(=O)C1C. The fourth-order valence-corrected chi connectivity index (χ4v) is 4.44. The summed E-state index contributed by atoms with van der Waals surface area (Å²) in [6, 6.07) is 5.84. The van der Waals surface area contributed by atoms with Gasteiger partial charge in [-0.05, 0) is 33.5 Å². The normalized spacial score (nSPS) is 34.9. The van der Waals surface area contributed by atoms with Crippen LogP contribution in [-0.4, -0.2) is 9.46 Å². The van der Waals surface area contributed by atoms with Gasteiger partial charge >= 0.3 is 0 Å². The zero-order chi connectivity index (χ0) is 11.2. The summed E-state index contributed by atoms with van der Waals surface area (Å²) >= 11 is 3.45. The largest absolute Gasteiger partial charge is 0.324 e. The molecule has 0 amide bonds. The minimum absolute atomic E-state index is 0.00907. The number of benzene rings is 1. The molecule has 4 heteroatoms. The molecule has 0 bridgehead atoms. The van der Waals surface area contributed by atoms with Crippen molar-refractivity contribution >= 4 is 26.7 Å². The molecule has 0 aliphatic carbocycles. The summed E-state index contributed by atoms with van der Waals surface area (Å²) in [5.74, 6) is 0.257. The first kappa shape index (κ1) is 11.3. The average Bonchev–Trinajstić information content (AvgIpc) is 2.23. The van der Waals surface area contributed by atoms with Crippen molar-refractivity contribution in [3.63, 3.8) is 0 Å². The zero-order valence-electron chi connectivity index (χ0n) is 8.74. The van der Waals surface area contributed by atoms with E-state index in [0.29, 0.717) is 0 Å². The van der Waals surface area contributed by atoms with Crippen LogP contribution in [0.5, 0.6) is 0 Å².